The molecule has 0 heterocycles. The van der Waals surface area contributed by atoms with Crippen LogP contribution < -0.4 is 5.73 Å². The summed E-state index contributed by atoms with van der Waals surface area (Å²) in [7, 11) is 0. The average molecular weight is 244 g/mol. The molecule has 0 saturated carbocycles. The molecule has 86 valence electrons. The van der Waals surface area contributed by atoms with Crippen molar-refractivity contribution >= 4 is 28.4 Å². The number of hydrogen-bond acceptors (Lipinski definition) is 1. The van der Waals surface area contributed by atoms with Crippen molar-refractivity contribution in [2.75, 3.05) is 5.73 Å². The molecule has 1 aromatic rings. The first-order valence-corrected chi connectivity index (χ1v) is 4.94. The van der Waals surface area contributed by atoms with E-state index in [-0.39, 0.29) is 16.8 Å². The summed E-state index contributed by atoms with van der Waals surface area (Å²) in [5.41, 5.74) is 6.55. The van der Waals surface area contributed by atoms with Crippen LogP contribution >= 0.6 is 11.6 Å². The molecule has 0 fully saturated rings. The average Bonchev–Trinajstić information content (AvgIpc) is 2.13. The van der Waals surface area contributed by atoms with E-state index in [0.29, 0.717) is 11.1 Å². The summed E-state index contributed by atoms with van der Waals surface area (Å²) in [5.74, 6) is -1.76. The van der Waals surface area contributed by atoms with Gasteiger partial charge in [-0.3, -0.25) is 0 Å². The van der Waals surface area contributed by atoms with E-state index < -0.39 is 16.7 Å². The van der Waals surface area contributed by atoms with Gasteiger partial charge >= 0.3 is 0 Å². The third-order valence-corrected chi connectivity index (χ3v) is 2.55. The molecule has 0 saturated heterocycles. The fourth-order valence-electron chi connectivity index (χ4n) is 1.51. The number of hydrogen-bond donors (Lipinski definition) is 1. The zero-order chi connectivity index (χ0) is 12.6. The first-order valence-electron chi connectivity index (χ1n) is 4.56. The molecule has 0 radical (unpaired) electrons. The lowest BCUT2D eigenvalue weighted by Gasteiger charge is -2.15. The Morgan fingerprint density at radius 3 is 1.62 bits per heavy atom. The van der Waals surface area contributed by atoms with E-state index in [4.69, 9.17) is 17.3 Å². The molecule has 0 aromatic heterocycles. The van der Waals surface area contributed by atoms with Gasteiger partial charge in [0, 0.05) is 11.1 Å². The van der Waals surface area contributed by atoms with Gasteiger partial charge in [-0.25, -0.2) is 8.78 Å². The van der Waals surface area contributed by atoms with E-state index in [2.05, 4.69) is 13.2 Å². The monoisotopic (exact) mass is 243 g/mol. The molecule has 0 atom stereocenters. The van der Waals surface area contributed by atoms with E-state index in [9.17, 15) is 8.78 Å². The van der Waals surface area contributed by atoms with Crippen LogP contribution in [0.1, 0.15) is 25.0 Å². The lowest BCUT2D eigenvalue weighted by molar-refractivity contribution is 0.581. The molecule has 1 rings (SSSR count). The molecule has 0 amide bonds. The van der Waals surface area contributed by atoms with Crippen molar-refractivity contribution in [1.82, 2.24) is 0 Å². The largest absolute Gasteiger partial charge is 0.398 e. The Balaban J connectivity index is 3.80. The van der Waals surface area contributed by atoms with Crippen LogP contribution in [0.3, 0.4) is 0 Å². The highest BCUT2D eigenvalue weighted by molar-refractivity contribution is 6.31. The Morgan fingerprint density at radius 2 is 1.38 bits per heavy atom. The summed E-state index contributed by atoms with van der Waals surface area (Å²) in [5, 5.41) is -0.579. The van der Waals surface area contributed by atoms with Crippen LogP contribution in [-0.2, 0) is 0 Å². The van der Waals surface area contributed by atoms with Crippen molar-refractivity contribution in [3.8, 4) is 0 Å². The van der Waals surface area contributed by atoms with Gasteiger partial charge in [-0.1, -0.05) is 24.8 Å². The number of nitrogens with two attached hydrogens (primary N) is 1. The smallest absolute Gasteiger partial charge is 0.154 e. The number of halogens is 3. The van der Waals surface area contributed by atoms with E-state index in [1.165, 1.54) is 0 Å². The molecular formula is C12H12ClF2N. The van der Waals surface area contributed by atoms with Gasteiger partial charge in [-0.2, -0.15) is 0 Å². The Kier molecular flexibility index (Phi) is 3.38. The lowest BCUT2D eigenvalue weighted by atomic mass is 9.97. The third kappa shape index (κ3) is 1.83. The molecule has 2 N–H and O–H groups in total. The maximum atomic E-state index is 13.7. The maximum absolute atomic E-state index is 13.7. The quantitative estimate of drug-likeness (QED) is 0.609. The molecular weight excluding hydrogens is 232 g/mol. The van der Waals surface area contributed by atoms with E-state index in [0.717, 1.165) is 0 Å². The zero-order valence-corrected chi connectivity index (χ0v) is 9.88. The van der Waals surface area contributed by atoms with Crippen molar-refractivity contribution in [2.24, 2.45) is 0 Å². The molecule has 0 bridgehead atoms. The minimum atomic E-state index is -0.880. The Labute approximate surface area is 98.2 Å². The summed E-state index contributed by atoms with van der Waals surface area (Å²) in [4.78, 5) is 0. The van der Waals surface area contributed by atoms with E-state index >= 15 is 0 Å². The topological polar surface area (TPSA) is 26.0 Å². The number of anilines is 1. The molecule has 0 spiro atoms. The van der Waals surface area contributed by atoms with Crippen molar-refractivity contribution in [2.45, 2.75) is 13.8 Å². The van der Waals surface area contributed by atoms with Crippen LogP contribution in [0.4, 0.5) is 14.5 Å². The van der Waals surface area contributed by atoms with Gasteiger partial charge in [0.05, 0.1) is 5.69 Å². The van der Waals surface area contributed by atoms with Crippen molar-refractivity contribution < 1.29 is 8.78 Å². The van der Waals surface area contributed by atoms with Gasteiger partial charge in [0.25, 0.3) is 0 Å². The Hall–Kier alpha value is -1.35. The van der Waals surface area contributed by atoms with Crippen LogP contribution in [0.25, 0.3) is 11.1 Å². The minimum absolute atomic E-state index is 0.0144. The predicted octanol–water partition coefficient (Wildman–Crippen LogP) is 4.27. The highest BCUT2D eigenvalue weighted by atomic mass is 35.5. The molecule has 0 aliphatic heterocycles. The summed E-state index contributed by atoms with van der Waals surface area (Å²) >= 11 is 5.56. The van der Waals surface area contributed by atoms with Gasteiger partial charge in [0.15, 0.2) is 11.6 Å². The van der Waals surface area contributed by atoms with Gasteiger partial charge in [0.1, 0.15) is 5.02 Å². The lowest BCUT2D eigenvalue weighted by Crippen LogP contribution is -2.05. The summed E-state index contributed by atoms with van der Waals surface area (Å²) < 4.78 is 27.4. The van der Waals surface area contributed by atoms with Crippen molar-refractivity contribution in [1.29, 1.82) is 0 Å². The van der Waals surface area contributed by atoms with Crippen LogP contribution in [-0.4, -0.2) is 0 Å². The maximum Gasteiger partial charge on any atom is 0.154 e. The summed E-state index contributed by atoms with van der Waals surface area (Å²) in [6, 6.07) is 0. The first-order chi connectivity index (χ1) is 7.29. The van der Waals surface area contributed by atoms with Gasteiger partial charge in [-0.05, 0) is 25.0 Å². The minimum Gasteiger partial charge on any atom is -0.398 e. The Morgan fingerprint density at radius 1 is 1.06 bits per heavy atom. The van der Waals surface area contributed by atoms with E-state index in [1.807, 2.05) is 0 Å². The highest BCUT2D eigenvalue weighted by Crippen LogP contribution is 2.37. The Bertz CT molecular complexity index is 451. The SMILES string of the molecule is C=C(C)c1c(N)c(C(=C)C)c(F)c(Cl)c1F. The number of allylic oxidation sites excluding steroid dienone is 2. The normalized spacial score (nSPS) is 10.3. The zero-order valence-electron chi connectivity index (χ0n) is 9.13. The van der Waals surface area contributed by atoms with Crippen LogP contribution in [0.5, 0.6) is 0 Å². The molecule has 0 aliphatic rings. The van der Waals surface area contributed by atoms with Crippen LogP contribution in [0.2, 0.25) is 5.02 Å². The fraction of sp³-hybridized carbons (Fsp3) is 0.167. The second kappa shape index (κ2) is 4.26. The molecule has 1 aromatic carbocycles. The first kappa shape index (κ1) is 12.7. The standard InChI is InChI=1S/C12H12ClF2N/c1-5(2)7-10(14)9(13)11(15)8(6(3)4)12(7)16/h1,3,16H2,2,4H3. The number of benzene rings is 1. The molecule has 16 heavy (non-hydrogen) atoms. The van der Waals surface area contributed by atoms with Crippen molar-refractivity contribution in [3.05, 3.63) is 40.9 Å². The molecule has 0 aliphatic carbocycles. The molecule has 0 unspecified atom stereocenters. The molecule has 1 nitrogen and oxygen atoms in total. The van der Waals surface area contributed by atoms with Gasteiger partial charge < -0.3 is 5.73 Å². The van der Waals surface area contributed by atoms with Gasteiger partial charge in [0.2, 0.25) is 0 Å². The summed E-state index contributed by atoms with van der Waals surface area (Å²) in [6.07, 6.45) is 0. The van der Waals surface area contributed by atoms with E-state index in [1.54, 1.807) is 13.8 Å². The second-order valence-electron chi connectivity index (χ2n) is 3.67. The summed E-state index contributed by atoms with van der Waals surface area (Å²) in [6.45, 7) is 10.3. The van der Waals surface area contributed by atoms with Crippen LogP contribution in [0, 0.1) is 11.6 Å². The highest BCUT2D eigenvalue weighted by Gasteiger charge is 2.22. The molecule has 4 heteroatoms. The van der Waals surface area contributed by atoms with Crippen LogP contribution in [0.15, 0.2) is 13.2 Å². The second-order valence-corrected chi connectivity index (χ2v) is 4.04. The number of rotatable bonds is 2. The number of nitrogen functional groups attached to an aromatic ring is 1. The third-order valence-electron chi connectivity index (χ3n) is 2.22. The predicted molar refractivity (Wildman–Crippen MR) is 65.2 cm³/mol. The van der Waals surface area contributed by atoms with Gasteiger partial charge in [-0.15, -0.1) is 0 Å². The fourth-order valence-corrected chi connectivity index (χ4v) is 1.70. The van der Waals surface area contributed by atoms with Crippen molar-refractivity contribution in [3.63, 3.8) is 0 Å².